The summed E-state index contributed by atoms with van der Waals surface area (Å²) in [5.74, 6) is -0.186. The maximum Gasteiger partial charge on any atom is 0.197 e. The normalized spacial score (nSPS) is 13.1. The van der Waals surface area contributed by atoms with Crippen LogP contribution in [0.25, 0.3) is 43.6 Å². The summed E-state index contributed by atoms with van der Waals surface area (Å²) >= 11 is 1.45. The van der Waals surface area contributed by atoms with Crippen molar-refractivity contribution in [1.82, 2.24) is 24.5 Å². The molecule has 0 spiro atoms. The lowest BCUT2D eigenvalue weighted by Gasteiger charge is -2.05. The van der Waals surface area contributed by atoms with Gasteiger partial charge in [0.1, 0.15) is 17.2 Å². The number of rotatable bonds is 3. The molecule has 0 saturated carbocycles. The zero-order chi connectivity index (χ0) is 24.2. The topological polar surface area (TPSA) is 90.6 Å². The van der Waals surface area contributed by atoms with E-state index < -0.39 is 0 Å². The van der Waals surface area contributed by atoms with Gasteiger partial charge < -0.3 is 0 Å². The van der Waals surface area contributed by atoms with Gasteiger partial charge in [-0.05, 0) is 29.0 Å². The van der Waals surface area contributed by atoms with Gasteiger partial charge in [-0.3, -0.25) is 14.2 Å². The maximum absolute atomic E-state index is 13.3. The van der Waals surface area contributed by atoms with Gasteiger partial charge >= 0.3 is 0 Å². The minimum Gasteiger partial charge on any atom is -0.288 e. The van der Waals surface area contributed by atoms with Gasteiger partial charge in [0.25, 0.3) is 0 Å². The van der Waals surface area contributed by atoms with Gasteiger partial charge in [0.2, 0.25) is 0 Å². The van der Waals surface area contributed by atoms with Gasteiger partial charge in [-0.15, -0.1) is 0 Å². The van der Waals surface area contributed by atoms with E-state index in [2.05, 4.69) is 9.97 Å². The van der Waals surface area contributed by atoms with E-state index in [1.807, 2.05) is 54.6 Å². The van der Waals surface area contributed by atoms with Gasteiger partial charge in [-0.2, -0.15) is 0 Å². The molecule has 1 aliphatic carbocycles. The highest BCUT2D eigenvalue weighted by Gasteiger charge is 2.34. The van der Waals surface area contributed by atoms with Crippen molar-refractivity contribution in [3.63, 3.8) is 0 Å². The van der Waals surface area contributed by atoms with Gasteiger partial charge in [0.15, 0.2) is 22.0 Å². The van der Waals surface area contributed by atoms with Crippen LogP contribution < -0.4 is 0 Å². The van der Waals surface area contributed by atoms with E-state index in [1.54, 1.807) is 35.2 Å². The molecule has 7 nitrogen and oxygen atoms in total. The lowest BCUT2D eigenvalue weighted by Crippen LogP contribution is -2.04. The monoisotopic (exact) mass is 485 g/mol. The third-order valence-corrected chi connectivity index (χ3v) is 7.20. The van der Waals surface area contributed by atoms with Crippen LogP contribution in [-0.2, 0) is 0 Å². The molecule has 0 N–H and O–H groups in total. The number of thiazole rings is 1. The van der Waals surface area contributed by atoms with E-state index in [-0.39, 0.29) is 17.1 Å². The molecule has 0 radical (unpaired) electrons. The van der Waals surface area contributed by atoms with Crippen molar-refractivity contribution in [1.29, 1.82) is 0 Å². The van der Waals surface area contributed by atoms with Gasteiger partial charge in [0, 0.05) is 16.7 Å². The number of benzene rings is 3. The quantitative estimate of drug-likeness (QED) is 0.241. The van der Waals surface area contributed by atoms with Crippen LogP contribution in [0, 0.1) is 0 Å². The largest absolute Gasteiger partial charge is 0.288 e. The first kappa shape index (κ1) is 20.5. The molecule has 3 aromatic heterocycles. The number of carbonyl (C=O) groups excluding carboxylic acids is 2. The van der Waals surface area contributed by atoms with Crippen molar-refractivity contribution in [2.45, 2.75) is 0 Å². The van der Waals surface area contributed by atoms with Crippen LogP contribution in [0.2, 0.25) is 0 Å². The van der Waals surface area contributed by atoms with E-state index >= 15 is 0 Å². The molecule has 8 heteroatoms. The van der Waals surface area contributed by atoms with Crippen molar-refractivity contribution in [3.8, 4) is 16.3 Å². The summed E-state index contributed by atoms with van der Waals surface area (Å²) in [6, 6.07) is 21.1. The molecule has 6 aromatic rings. The van der Waals surface area contributed by atoms with Crippen molar-refractivity contribution in [2.75, 3.05) is 0 Å². The summed E-state index contributed by atoms with van der Waals surface area (Å²) < 4.78 is 1.78. The molecular formula is C28H15N5O2S. The molecule has 36 heavy (non-hydrogen) atoms. The van der Waals surface area contributed by atoms with Gasteiger partial charge in [-0.25, -0.2) is 19.9 Å². The highest BCUT2D eigenvalue weighted by molar-refractivity contribution is 7.21. The maximum atomic E-state index is 13.3. The lowest BCUT2D eigenvalue weighted by molar-refractivity contribution is 0.0990. The molecule has 1 aliphatic rings. The smallest absolute Gasteiger partial charge is 0.197 e. The molecule has 7 rings (SSSR count). The predicted octanol–water partition coefficient (Wildman–Crippen LogP) is 5.55. The fraction of sp³-hybridized carbons (Fsp3) is 0. The minimum atomic E-state index is -0.305. The summed E-state index contributed by atoms with van der Waals surface area (Å²) in [5.41, 5.74) is 3.15. The van der Waals surface area contributed by atoms with E-state index in [1.165, 1.54) is 17.7 Å². The SMILES string of the molecule is O=C1C(=Cc2nc3sc(-c4ccccc4)nc3n2-c2cncnc2)C(=O)c2cc3ccccc3cc21. The average Bonchev–Trinajstić information content (AvgIpc) is 3.55. The Morgan fingerprint density at radius 2 is 1.42 bits per heavy atom. The number of fused-ring (bicyclic) bond motifs is 3. The third kappa shape index (κ3) is 3.12. The number of hydrogen-bond donors (Lipinski definition) is 0. The number of imidazole rings is 1. The fourth-order valence-electron chi connectivity index (χ4n) is 4.52. The summed E-state index contributed by atoms with van der Waals surface area (Å²) in [4.78, 5) is 45.2. The molecule has 0 aliphatic heterocycles. The minimum absolute atomic E-state index is 0.0827. The Balaban J connectivity index is 1.40. The van der Waals surface area contributed by atoms with Crippen LogP contribution in [0.5, 0.6) is 0 Å². The Kier molecular flexibility index (Phi) is 4.49. The Morgan fingerprint density at radius 1 is 0.778 bits per heavy atom. The lowest BCUT2D eigenvalue weighted by atomic mass is 10.0. The van der Waals surface area contributed by atoms with Crippen LogP contribution in [-0.4, -0.2) is 36.1 Å². The number of carbonyl (C=O) groups is 2. The second-order valence-electron chi connectivity index (χ2n) is 8.38. The number of Topliss-reactive ketones (excluding diaryl/α,β-unsaturated/α-hetero) is 2. The third-order valence-electron chi connectivity index (χ3n) is 6.21. The Labute approximate surface area is 208 Å². The number of aromatic nitrogens is 5. The average molecular weight is 486 g/mol. The first-order valence-corrected chi connectivity index (χ1v) is 12.0. The van der Waals surface area contributed by atoms with E-state index in [0.29, 0.717) is 33.1 Å². The zero-order valence-corrected chi connectivity index (χ0v) is 19.4. The summed E-state index contributed by atoms with van der Waals surface area (Å²) in [5, 5.41) is 2.66. The molecule has 0 fully saturated rings. The molecule has 0 saturated heterocycles. The van der Waals surface area contributed by atoms with E-state index in [9.17, 15) is 9.59 Å². The second-order valence-corrected chi connectivity index (χ2v) is 9.35. The predicted molar refractivity (Wildman–Crippen MR) is 138 cm³/mol. The summed E-state index contributed by atoms with van der Waals surface area (Å²) in [6.07, 6.45) is 6.30. The van der Waals surface area contributed by atoms with Crippen molar-refractivity contribution < 1.29 is 9.59 Å². The highest BCUT2D eigenvalue weighted by atomic mass is 32.1. The second kappa shape index (κ2) is 7.86. The Bertz CT molecular complexity index is 1810. The molecule has 0 amide bonds. The standard InChI is InChI=1S/C28H15N5O2S/c34-24-20-10-17-8-4-5-9-18(17)11-21(20)25(35)22(24)12-23-31-28-26(33(23)19-13-29-15-30-14-19)32-27(36-28)16-6-2-1-3-7-16/h1-15H. The molecule has 3 heterocycles. The number of ketones is 2. The fourth-order valence-corrected chi connectivity index (χ4v) is 5.45. The van der Waals surface area contributed by atoms with Crippen LogP contribution in [0.3, 0.4) is 0 Å². The molecule has 0 unspecified atom stereocenters. The van der Waals surface area contributed by atoms with Crippen molar-refractivity contribution in [2.24, 2.45) is 0 Å². The van der Waals surface area contributed by atoms with E-state index in [0.717, 1.165) is 21.3 Å². The molecule has 3 aromatic carbocycles. The van der Waals surface area contributed by atoms with Crippen molar-refractivity contribution in [3.05, 3.63) is 108 Å². The number of allylic oxidation sites excluding steroid dienone is 1. The summed E-state index contributed by atoms with van der Waals surface area (Å²) in [6.45, 7) is 0. The number of nitrogens with zero attached hydrogens (tertiary/aromatic N) is 5. The summed E-state index contributed by atoms with van der Waals surface area (Å²) in [7, 11) is 0. The highest BCUT2D eigenvalue weighted by Crippen LogP contribution is 2.35. The van der Waals surface area contributed by atoms with Crippen LogP contribution in [0.4, 0.5) is 0 Å². The zero-order valence-electron chi connectivity index (χ0n) is 18.6. The van der Waals surface area contributed by atoms with Gasteiger partial charge in [0.05, 0.1) is 23.7 Å². The first-order chi connectivity index (χ1) is 17.7. The van der Waals surface area contributed by atoms with Crippen molar-refractivity contribution >= 4 is 50.2 Å². The van der Waals surface area contributed by atoms with Gasteiger partial charge in [-0.1, -0.05) is 65.9 Å². The van der Waals surface area contributed by atoms with E-state index in [4.69, 9.17) is 9.97 Å². The first-order valence-electron chi connectivity index (χ1n) is 11.2. The molecule has 170 valence electrons. The van der Waals surface area contributed by atoms with Crippen LogP contribution in [0.15, 0.2) is 91.0 Å². The molecule has 0 atom stereocenters. The molecular weight excluding hydrogens is 470 g/mol. The van der Waals surface area contributed by atoms with Crippen LogP contribution >= 0.6 is 11.3 Å². The Hall–Kier alpha value is -4.82. The number of hydrogen-bond acceptors (Lipinski definition) is 7. The Morgan fingerprint density at radius 3 is 2.08 bits per heavy atom. The van der Waals surface area contributed by atoms with Crippen LogP contribution in [0.1, 0.15) is 26.5 Å². The molecule has 0 bridgehead atoms.